The predicted molar refractivity (Wildman–Crippen MR) is 64.3 cm³/mol. The van der Waals surface area contributed by atoms with Crippen LogP contribution in [0.15, 0.2) is 16.7 Å². The van der Waals surface area contributed by atoms with Gasteiger partial charge in [-0.2, -0.15) is 0 Å². The van der Waals surface area contributed by atoms with E-state index in [1.165, 1.54) is 43.4 Å². The maximum atomic E-state index is 5.54. The minimum atomic E-state index is 0.549. The van der Waals surface area contributed by atoms with E-state index in [9.17, 15) is 0 Å². The second-order valence-electron chi connectivity index (χ2n) is 5.43. The zero-order chi connectivity index (χ0) is 11.0. The maximum absolute atomic E-state index is 5.54. The van der Waals surface area contributed by atoms with Crippen molar-refractivity contribution in [1.29, 1.82) is 0 Å². The second-order valence-corrected chi connectivity index (χ2v) is 5.43. The number of nitrogens with one attached hydrogen (secondary N) is 1. The van der Waals surface area contributed by atoms with Crippen LogP contribution in [0.1, 0.15) is 56.4 Å². The molecule has 88 valence electrons. The van der Waals surface area contributed by atoms with Gasteiger partial charge in [-0.1, -0.05) is 13.3 Å². The molecule has 0 radical (unpaired) electrons. The molecular weight excluding hydrogens is 198 g/mol. The Kier molecular flexibility index (Phi) is 2.76. The Labute approximate surface area is 97.4 Å². The van der Waals surface area contributed by atoms with Gasteiger partial charge in [-0.15, -0.1) is 0 Å². The summed E-state index contributed by atoms with van der Waals surface area (Å²) in [6.07, 6.45) is 9.65. The van der Waals surface area contributed by atoms with Gasteiger partial charge in [-0.3, -0.25) is 0 Å². The van der Waals surface area contributed by atoms with Gasteiger partial charge in [0, 0.05) is 24.1 Å². The van der Waals surface area contributed by atoms with Gasteiger partial charge in [0.1, 0.15) is 5.76 Å². The van der Waals surface area contributed by atoms with Gasteiger partial charge < -0.3 is 9.73 Å². The first kappa shape index (κ1) is 10.4. The number of aryl methyl sites for hydroxylation is 1. The standard InChI is InChI=1S/C14H21NO/c1-10-4-2-5-12(10)15-13-6-3-7-14-11(13)8-9-16-14/h8-10,12-13,15H,2-7H2,1H3. The van der Waals surface area contributed by atoms with E-state index in [-0.39, 0.29) is 0 Å². The molecule has 0 aromatic carbocycles. The lowest BCUT2D eigenvalue weighted by Crippen LogP contribution is -2.35. The van der Waals surface area contributed by atoms with Crippen molar-refractivity contribution < 1.29 is 4.42 Å². The molecule has 1 aromatic heterocycles. The van der Waals surface area contributed by atoms with Crippen LogP contribution in [0.25, 0.3) is 0 Å². The molecule has 0 aliphatic heterocycles. The van der Waals surface area contributed by atoms with Gasteiger partial charge in [-0.05, 0) is 37.7 Å². The first-order valence-corrected chi connectivity index (χ1v) is 6.67. The first-order chi connectivity index (χ1) is 7.84. The Morgan fingerprint density at radius 3 is 3.00 bits per heavy atom. The van der Waals surface area contributed by atoms with Crippen molar-refractivity contribution in [3.63, 3.8) is 0 Å². The Morgan fingerprint density at radius 1 is 1.25 bits per heavy atom. The molecule has 0 amide bonds. The summed E-state index contributed by atoms with van der Waals surface area (Å²) in [6, 6.07) is 3.44. The van der Waals surface area contributed by atoms with Crippen molar-refractivity contribution in [1.82, 2.24) is 5.32 Å². The van der Waals surface area contributed by atoms with Crippen molar-refractivity contribution in [2.24, 2.45) is 5.92 Å². The quantitative estimate of drug-likeness (QED) is 0.824. The van der Waals surface area contributed by atoms with Gasteiger partial charge in [0.2, 0.25) is 0 Å². The summed E-state index contributed by atoms with van der Waals surface area (Å²) < 4.78 is 5.54. The Balaban J connectivity index is 1.72. The van der Waals surface area contributed by atoms with E-state index in [0.29, 0.717) is 6.04 Å². The highest BCUT2D eigenvalue weighted by molar-refractivity contribution is 5.24. The van der Waals surface area contributed by atoms with Gasteiger partial charge in [-0.25, -0.2) is 0 Å². The van der Waals surface area contributed by atoms with Crippen molar-refractivity contribution in [3.8, 4) is 0 Å². The highest BCUT2D eigenvalue weighted by Crippen LogP contribution is 2.33. The summed E-state index contributed by atoms with van der Waals surface area (Å²) in [6.45, 7) is 2.38. The van der Waals surface area contributed by atoms with E-state index in [0.717, 1.165) is 18.4 Å². The molecule has 0 saturated heterocycles. The predicted octanol–water partition coefficient (Wildman–Crippen LogP) is 3.44. The van der Waals surface area contributed by atoms with Gasteiger partial charge in [0.05, 0.1) is 6.26 Å². The van der Waals surface area contributed by atoms with Crippen LogP contribution in [0.3, 0.4) is 0 Å². The van der Waals surface area contributed by atoms with Crippen LogP contribution < -0.4 is 5.32 Å². The van der Waals surface area contributed by atoms with E-state index in [1.807, 2.05) is 6.26 Å². The zero-order valence-electron chi connectivity index (χ0n) is 10.0. The maximum Gasteiger partial charge on any atom is 0.108 e. The highest BCUT2D eigenvalue weighted by Gasteiger charge is 2.29. The molecule has 3 unspecified atom stereocenters. The van der Waals surface area contributed by atoms with Gasteiger partial charge in [0.15, 0.2) is 0 Å². The summed E-state index contributed by atoms with van der Waals surface area (Å²) in [4.78, 5) is 0. The van der Waals surface area contributed by atoms with E-state index >= 15 is 0 Å². The summed E-state index contributed by atoms with van der Waals surface area (Å²) in [7, 11) is 0. The van der Waals surface area contributed by atoms with E-state index in [1.54, 1.807) is 0 Å². The van der Waals surface area contributed by atoms with Crippen molar-refractivity contribution in [2.45, 2.75) is 57.5 Å². The molecular formula is C14H21NO. The lowest BCUT2D eigenvalue weighted by atomic mass is 9.92. The number of hydrogen-bond acceptors (Lipinski definition) is 2. The summed E-state index contributed by atoms with van der Waals surface area (Å²) in [5.41, 5.74) is 1.42. The van der Waals surface area contributed by atoms with Crippen LogP contribution in [0.5, 0.6) is 0 Å². The Hall–Kier alpha value is -0.760. The number of furan rings is 1. The highest BCUT2D eigenvalue weighted by atomic mass is 16.3. The molecule has 16 heavy (non-hydrogen) atoms. The third-order valence-electron chi connectivity index (χ3n) is 4.33. The molecule has 1 saturated carbocycles. The molecule has 3 atom stereocenters. The van der Waals surface area contributed by atoms with Crippen LogP contribution >= 0.6 is 0 Å². The van der Waals surface area contributed by atoms with Crippen LogP contribution in [0.4, 0.5) is 0 Å². The molecule has 2 nitrogen and oxygen atoms in total. The summed E-state index contributed by atoms with van der Waals surface area (Å²) in [5, 5.41) is 3.85. The van der Waals surface area contributed by atoms with E-state index < -0.39 is 0 Å². The fourth-order valence-corrected chi connectivity index (χ4v) is 3.31. The van der Waals surface area contributed by atoms with Crippen LogP contribution in [-0.2, 0) is 6.42 Å². The lowest BCUT2D eigenvalue weighted by Gasteiger charge is -2.28. The zero-order valence-corrected chi connectivity index (χ0v) is 10.0. The van der Waals surface area contributed by atoms with Crippen LogP contribution in [0.2, 0.25) is 0 Å². The van der Waals surface area contributed by atoms with Crippen molar-refractivity contribution >= 4 is 0 Å². The topological polar surface area (TPSA) is 25.2 Å². The number of rotatable bonds is 2. The van der Waals surface area contributed by atoms with Gasteiger partial charge in [0.25, 0.3) is 0 Å². The number of hydrogen-bond donors (Lipinski definition) is 1. The largest absolute Gasteiger partial charge is 0.469 e. The third kappa shape index (κ3) is 1.80. The fraction of sp³-hybridized carbons (Fsp3) is 0.714. The molecule has 1 heterocycles. The fourth-order valence-electron chi connectivity index (χ4n) is 3.31. The summed E-state index contributed by atoms with van der Waals surface area (Å²) in [5.74, 6) is 2.06. The lowest BCUT2D eigenvalue weighted by molar-refractivity contribution is 0.338. The third-order valence-corrected chi connectivity index (χ3v) is 4.33. The Bertz CT molecular complexity index is 357. The SMILES string of the molecule is CC1CCCC1NC1CCCc2occc21. The molecule has 2 aliphatic rings. The molecule has 2 heteroatoms. The second kappa shape index (κ2) is 4.25. The monoisotopic (exact) mass is 219 g/mol. The van der Waals surface area contributed by atoms with E-state index in [4.69, 9.17) is 4.42 Å². The average Bonchev–Trinajstić information content (AvgIpc) is 2.89. The number of fused-ring (bicyclic) bond motifs is 1. The first-order valence-electron chi connectivity index (χ1n) is 6.67. The van der Waals surface area contributed by atoms with Gasteiger partial charge >= 0.3 is 0 Å². The van der Waals surface area contributed by atoms with E-state index in [2.05, 4.69) is 18.3 Å². The molecule has 0 bridgehead atoms. The minimum Gasteiger partial charge on any atom is -0.469 e. The molecule has 3 rings (SSSR count). The minimum absolute atomic E-state index is 0.549. The summed E-state index contributed by atoms with van der Waals surface area (Å²) >= 11 is 0. The molecule has 1 aromatic rings. The van der Waals surface area contributed by atoms with Crippen LogP contribution in [-0.4, -0.2) is 6.04 Å². The van der Waals surface area contributed by atoms with Crippen molar-refractivity contribution in [3.05, 3.63) is 23.7 Å². The molecule has 0 spiro atoms. The van der Waals surface area contributed by atoms with Crippen molar-refractivity contribution in [2.75, 3.05) is 0 Å². The average molecular weight is 219 g/mol. The molecule has 2 aliphatic carbocycles. The van der Waals surface area contributed by atoms with Crippen LogP contribution in [0, 0.1) is 5.92 Å². The normalized spacial score (nSPS) is 33.9. The molecule has 1 fully saturated rings. The Morgan fingerprint density at radius 2 is 2.19 bits per heavy atom. The molecule has 1 N–H and O–H groups in total. The smallest absolute Gasteiger partial charge is 0.108 e.